The summed E-state index contributed by atoms with van der Waals surface area (Å²) in [7, 11) is 0. The van der Waals surface area contributed by atoms with Gasteiger partial charge in [-0.2, -0.15) is 0 Å². The Labute approximate surface area is 152 Å². The normalized spacial score (nSPS) is 24.1. The zero-order valence-corrected chi connectivity index (χ0v) is 16.2. The fourth-order valence-electron chi connectivity index (χ4n) is 3.31. The maximum absolute atomic E-state index is 12.5. The molecule has 1 aliphatic rings. The lowest BCUT2D eigenvalue weighted by atomic mass is 9.83. The molecule has 0 spiro atoms. The van der Waals surface area contributed by atoms with Crippen LogP contribution < -0.4 is 11.1 Å². The Morgan fingerprint density at radius 2 is 1.92 bits per heavy atom. The first-order chi connectivity index (χ1) is 11.8. The molecule has 0 unspecified atom stereocenters. The number of hydrogen-bond acceptors (Lipinski definition) is 3. The SMILES string of the molecule is CCCO[C@H]1C[C@@H](C(=O)NCc2ccc(C(C)(C)C)cc2)CC[C@@H]1N. The van der Waals surface area contributed by atoms with Crippen LogP contribution in [0.5, 0.6) is 0 Å². The maximum Gasteiger partial charge on any atom is 0.223 e. The Balaban J connectivity index is 1.85. The second kappa shape index (κ2) is 8.81. The van der Waals surface area contributed by atoms with Crippen molar-refractivity contribution in [1.29, 1.82) is 0 Å². The maximum atomic E-state index is 12.5. The Hall–Kier alpha value is -1.39. The summed E-state index contributed by atoms with van der Waals surface area (Å²) < 4.78 is 5.83. The highest BCUT2D eigenvalue weighted by Gasteiger charge is 2.32. The van der Waals surface area contributed by atoms with E-state index in [1.54, 1.807) is 0 Å². The molecule has 0 bridgehead atoms. The van der Waals surface area contributed by atoms with Gasteiger partial charge in [-0.15, -0.1) is 0 Å². The summed E-state index contributed by atoms with van der Waals surface area (Å²) in [6.07, 6.45) is 3.42. The molecule has 0 heterocycles. The van der Waals surface area contributed by atoms with Crippen LogP contribution in [0.4, 0.5) is 0 Å². The van der Waals surface area contributed by atoms with Gasteiger partial charge >= 0.3 is 0 Å². The third-order valence-electron chi connectivity index (χ3n) is 5.04. The van der Waals surface area contributed by atoms with Crippen LogP contribution in [0.25, 0.3) is 0 Å². The summed E-state index contributed by atoms with van der Waals surface area (Å²) in [6.45, 7) is 9.99. The minimum Gasteiger partial charge on any atom is -0.377 e. The predicted octanol–water partition coefficient (Wildman–Crippen LogP) is 3.52. The smallest absolute Gasteiger partial charge is 0.223 e. The minimum atomic E-state index is 0.00973. The zero-order valence-electron chi connectivity index (χ0n) is 16.2. The number of nitrogens with two attached hydrogens (primary N) is 1. The third kappa shape index (κ3) is 5.82. The van der Waals surface area contributed by atoms with Gasteiger partial charge < -0.3 is 15.8 Å². The number of amides is 1. The highest BCUT2D eigenvalue weighted by molar-refractivity contribution is 5.78. The molecule has 4 nitrogen and oxygen atoms in total. The van der Waals surface area contributed by atoms with E-state index in [0.29, 0.717) is 13.2 Å². The highest BCUT2D eigenvalue weighted by Crippen LogP contribution is 2.26. The molecule has 1 amide bonds. The molecule has 1 saturated carbocycles. The molecule has 0 saturated heterocycles. The van der Waals surface area contributed by atoms with Gasteiger partial charge in [-0.05, 0) is 42.2 Å². The number of ether oxygens (including phenoxy) is 1. The van der Waals surface area contributed by atoms with E-state index in [4.69, 9.17) is 10.5 Å². The standard InChI is InChI=1S/C21H34N2O2/c1-5-12-25-19-13-16(8-11-18(19)22)20(24)23-14-15-6-9-17(10-7-15)21(2,3)4/h6-7,9-10,16,18-19H,5,8,11-14,22H2,1-4H3,(H,23,24)/t16-,18-,19-/m0/s1. The Kier molecular flexibility index (Phi) is 7.03. The van der Waals surface area contributed by atoms with E-state index in [9.17, 15) is 4.79 Å². The van der Waals surface area contributed by atoms with Crippen molar-refractivity contribution < 1.29 is 9.53 Å². The van der Waals surface area contributed by atoms with Crippen LogP contribution in [0.3, 0.4) is 0 Å². The molecule has 0 radical (unpaired) electrons. The van der Waals surface area contributed by atoms with Crippen molar-refractivity contribution in [3.05, 3.63) is 35.4 Å². The zero-order chi connectivity index (χ0) is 18.4. The van der Waals surface area contributed by atoms with Crippen LogP contribution in [-0.2, 0) is 21.5 Å². The molecule has 1 aromatic carbocycles. The number of hydrogen-bond donors (Lipinski definition) is 2. The van der Waals surface area contributed by atoms with Gasteiger partial charge in [0.05, 0.1) is 6.10 Å². The summed E-state index contributed by atoms with van der Waals surface area (Å²) in [5, 5.41) is 3.08. The largest absolute Gasteiger partial charge is 0.377 e. The summed E-state index contributed by atoms with van der Waals surface area (Å²) in [6, 6.07) is 8.56. The summed E-state index contributed by atoms with van der Waals surface area (Å²) in [5.41, 5.74) is 8.73. The molecule has 25 heavy (non-hydrogen) atoms. The first-order valence-electron chi connectivity index (χ1n) is 9.55. The molecular weight excluding hydrogens is 312 g/mol. The molecule has 3 N–H and O–H groups in total. The molecule has 2 rings (SSSR count). The lowest BCUT2D eigenvalue weighted by Crippen LogP contribution is -2.45. The van der Waals surface area contributed by atoms with Crippen molar-refractivity contribution in [2.24, 2.45) is 11.7 Å². The van der Waals surface area contributed by atoms with Crippen LogP contribution >= 0.6 is 0 Å². The van der Waals surface area contributed by atoms with E-state index < -0.39 is 0 Å². The average Bonchev–Trinajstić information content (AvgIpc) is 2.58. The molecule has 0 aromatic heterocycles. The Morgan fingerprint density at radius 1 is 1.24 bits per heavy atom. The number of rotatable bonds is 6. The van der Waals surface area contributed by atoms with Gasteiger partial charge in [0.2, 0.25) is 5.91 Å². The van der Waals surface area contributed by atoms with Gasteiger partial charge in [-0.1, -0.05) is 52.0 Å². The molecule has 4 heteroatoms. The molecule has 3 atom stereocenters. The van der Waals surface area contributed by atoms with Crippen molar-refractivity contribution in [1.82, 2.24) is 5.32 Å². The van der Waals surface area contributed by atoms with E-state index >= 15 is 0 Å². The van der Waals surface area contributed by atoms with E-state index in [-0.39, 0.29) is 29.4 Å². The van der Waals surface area contributed by atoms with Crippen LogP contribution in [-0.4, -0.2) is 24.7 Å². The first-order valence-corrected chi connectivity index (χ1v) is 9.55. The van der Waals surface area contributed by atoms with Gasteiger partial charge in [-0.25, -0.2) is 0 Å². The third-order valence-corrected chi connectivity index (χ3v) is 5.04. The summed E-state index contributed by atoms with van der Waals surface area (Å²) in [5.74, 6) is 0.132. The van der Waals surface area contributed by atoms with Gasteiger partial charge in [0, 0.05) is 25.1 Å². The second-order valence-electron chi connectivity index (χ2n) is 8.25. The molecule has 1 aromatic rings. The van der Waals surface area contributed by atoms with Crippen molar-refractivity contribution in [2.45, 2.75) is 77.5 Å². The van der Waals surface area contributed by atoms with Gasteiger partial charge in [0.25, 0.3) is 0 Å². The van der Waals surface area contributed by atoms with E-state index in [1.165, 1.54) is 5.56 Å². The van der Waals surface area contributed by atoms with Gasteiger partial charge in [-0.3, -0.25) is 4.79 Å². The fourth-order valence-corrected chi connectivity index (χ4v) is 3.31. The Morgan fingerprint density at radius 3 is 2.52 bits per heavy atom. The highest BCUT2D eigenvalue weighted by atomic mass is 16.5. The number of carbonyl (C=O) groups is 1. The van der Waals surface area contributed by atoms with Crippen LogP contribution in [0, 0.1) is 5.92 Å². The monoisotopic (exact) mass is 346 g/mol. The van der Waals surface area contributed by atoms with Gasteiger partial charge in [0.1, 0.15) is 0 Å². The lowest BCUT2D eigenvalue weighted by molar-refractivity contribution is -0.128. The number of benzene rings is 1. The Bertz CT molecular complexity index is 548. The summed E-state index contributed by atoms with van der Waals surface area (Å²) >= 11 is 0. The van der Waals surface area contributed by atoms with E-state index in [1.807, 2.05) is 0 Å². The molecule has 1 fully saturated rings. The predicted molar refractivity (Wildman–Crippen MR) is 102 cm³/mol. The van der Waals surface area contributed by atoms with E-state index in [0.717, 1.165) is 31.2 Å². The van der Waals surface area contributed by atoms with E-state index in [2.05, 4.69) is 57.3 Å². The number of carbonyl (C=O) groups excluding carboxylic acids is 1. The van der Waals surface area contributed by atoms with Crippen LogP contribution in [0.15, 0.2) is 24.3 Å². The molecular formula is C21H34N2O2. The molecule has 140 valence electrons. The molecule has 0 aliphatic heterocycles. The minimum absolute atomic E-state index is 0.00973. The average molecular weight is 347 g/mol. The molecule has 1 aliphatic carbocycles. The fraction of sp³-hybridized carbons (Fsp3) is 0.667. The van der Waals surface area contributed by atoms with Crippen molar-refractivity contribution in [3.8, 4) is 0 Å². The van der Waals surface area contributed by atoms with Crippen LogP contribution in [0.2, 0.25) is 0 Å². The van der Waals surface area contributed by atoms with Crippen molar-refractivity contribution in [2.75, 3.05) is 6.61 Å². The van der Waals surface area contributed by atoms with Crippen molar-refractivity contribution >= 4 is 5.91 Å². The second-order valence-corrected chi connectivity index (χ2v) is 8.25. The van der Waals surface area contributed by atoms with Gasteiger partial charge in [0.15, 0.2) is 0 Å². The van der Waals surface area contributed by atoms with Crippen molar-refractivity contribution in [3.63, 3.8) is 0 Å². The topological polar surface area (TPSA) is 64.3 Å². The number of nitrogens with one attached hydrogen (secondary N) is 1. The first kappa shape index (κ1) is 19.9. The van der Waals surface area contributed by atoms with Crippen LogP contribution in [0.1, 0.15) is 64.5 Å². The quantitative estimate of drug-likeness (QED) is 0.828. The lowest BCUT2D eigenvalue weighted by Gasteiger charge is -2.33. The summed E-state index contributed by atoms with van der Waals surface area (Å²) in [4.78, 5) is 12.5.